The molecule has 2 N–H and O–H groups in total. The summed E-state index contributed by atoms with van der Waals surface area (Å²) < 4.78 is 169. The van der Waals surface area contributed by atoms with Crippen molar-refractivity contribution >= 4 is 28.3 Å². The summed E-state index contributed by atoms with van der Waals surface area (Å²) >= 11 is 0. The SMILES string of the molecule is C=CCC1=C(OS(=O)(=O)C(F)(F)C(F)(F)C(F)(F)C(F)(F)F)CCCc2cc(OC)ccc21.COc1ccc(B(O)O)cc1F. The van der Waals surface area contributed by atoms with Crippen molar-refractivity contribution in [1.82, 2.24) is 0 Å². The van der Waals surface area contributed by atoms with Crippen molar-refractivity contribution in [1.29, 1.82) is 0 Å². The van der Waals surface area contributed by atoms with E-state index in [9.17, 15) is 52.3 Å². The summed E-state index contributed by atoms with van der Waals surface area (Å²) in [5, 5.41) is 10.4. The molecule has 45 heavy (non-hydrogen) atoms. The van der Waals surface area contributed by atoms with Crippen LogP contribution in [0.25, 0.3) is 5.57 Å². The number of allylic oxidation sites excluding steroid dienone is 3. The van der Waals surface area contributed by atoms with Crippen LogP contribution < -0.4 is 14.9 Å². The predicted octanol–water partition coefficient (Wildman–Crippen LogP) is 5.60. The molecule has 3 rings (SSSR count). The second kappa shape index (κ2) is 13.9. The van der Waals surface area contributed by atoms with Gasteiger partial charge in [0.15, 0.2) is 11.6 Å². The Hall–Kier alpha value is -3.45. The molecule has 1 aliphatic carbocycles. The molecule has 0 fully saturated rings. The Bertz CT molecular complexity index is 1510. The van der Waals surface area contributed by atoms with Gasteiger partial charge in [-0.1, -0.05) is 18.2 Å². The number of alkyl halides is 9. The van der Waals surface area contributed by atoms with Gasteiger partial charge in [-0.2, -0.15) is 47.9 Å². The van der Waals surface area contributed by atoms with Crippen LogP contribution >= 0.6 is 0 Å². The summed E-state index contributed by atoms with van der Waals surface area (Å²) in [6.07, 6.45) is -6.31. The van der Waals surface area contributed by atoms with Gasteiger partial charge >= 0.3 is 40.5 Å². The van der Waals surface area contributed by atoms with Crippen LogP contribution in [-0.4, -0.2) is 63.1 Å². The van der Waals surface area contributed by atoms with Gasteiger partial charge in [-0.05, 0) is 60.1 Å². The number of hydrogen-bond donors (Lipinski definition) is 2. The molecule has 0 heterocycles. The van der Waals surface area contributed by atoms with Gasteiger partial charge in [0.25, 0.3) is 0 Å². The van der Waals surface area contributed by atoms with E-state index >= 15 is 0 Å². The molecule has 2 aromatic rings. The highest BCUT2D eigenvalue weighted by atomic mass is 32.2. The highest BCUT2D eigenvalue weighted by molar-refractivity contribution is 7.88. The van der Waals surface area contributed by atoms with E-state index in [1.54, 1.807) is 6.07 Å². The van der Waals surface area contributed by atoms with Gasteiger partial charge in [0, 0.05) is 12.0 Å². The lowest BCUT2D eigenvalue weighted by atomic mass is 9.80. The van der Waals surface area contributed by atoms with Crippen molar-refractivity contribution < 1.29 is 76.0 Å². The average Bonchev–Trinajstić information content (AvgIpc) is 3.10. The van der Waals surface area contributed by atoms with E-state index in [1.807, 2.05) is 0 Å². The summed E-state index contributed by atoms with van der Waals surface area (Å²) in [4.78, 5) is 0. The van der Waals surface area contributed by atoms with Crippen LogP contribution in [0.2, 0.25) is 0 Å². The molecular formula is C26H25BF10O7S. The fourth-order valence-corrected chi connectivity index (χ4v) is 4.94. The van der Waals surface area contributed by atoms with Gasteiger partial charge in [-0.25, -0.2) is 4.39 Å². The standard InChI is InChI=1S/C19H17F9O4S.C7H8BFO3/c1-3-5-14-13-9-8-12(31-2)10-11(13)6-4-7-15(14)32-33(29,30)19(27,28)17(22,23)16(20,21)18(24,25)26;1-12-7-3-2-5(8(10)11)4-6(7)9/h3,8-10H,1,4-7H2,2H3;2-4,10-11H,1H3. The van der Waals surface area contributed by atoms with Crippen LogP contribution in [0.5, 0.6) is 11.5 Å². The van der Waals surface area contributed by atoms with Gasteiger partial charge < -0.3 is 23.7 Å². The lowest BCUT2D eigenvalue weighted by Gasteiger charge is -2.32. The maximum Gasteiger partial charge on any atom is 0.488 e. The van der Waals surface area contributed by atoms with E-state index in [0.29, 0.717) is 11.3 Å². The first-order valence-electron chi connectivity index (χ1n) is 12.4. The van der Waals surface area contributed by atoms with Crippen LogP contribution in [0.15, 0.2) is 54.8 Å². The zero-order chi connectivity index (χ0) is 34.6. The molecule has 0 spiro atoms. The third-order valence-corrected chi connectivity index (χ3v) is 7.59. The van der Waals surface area contributed by atoms with Crippen LogP contribution in [0.1, 0.15) is 30.4 Å². The molecule has 7 nitrogen and oxygen atoms in total. The molecule has 1 aliphatic rings. The second-order valence-corrected chi connectivity index (χ2v) is 10.8. The summed E-state index contributed by atoms with van der Waals surface area (Å²) in [6, 6.07) is 8.10. The minimum absolute atomic E-state index is 0.0480. The minimum atomic E-state index is -7.37. The Morgan fingerprint density at radius 3 is 2.02 bits per heavy atom. The summed E-state index contributed by atoms with van der Waals surface area (Å²) in [6.45, 7) is 3.41. The number of methoxy groups -OCH3 is 2. The normalized spacial score (nSPS) is 14.4. The molecular weight excluding hydrogens is 657 g/mol. The largest absolute Gasteiger partial charge is 0.497 e. The molecule has 0 unspecified atom stereocenters. The molecule has 0 saturated heterocycles. The van der Waals surface area contributed by atoms with E-state index in [0.717, 1.165) is 6.07 Å². The van der Waals surface area contributed by atoms with Crippen molar-refractivity contribution in [3.8, 4) is 11.5 Å². The Balaban J connectivity index is 0.000000490. The van der Waals surface area contributed by atoms with Gasteiger partial charge in [0.05, 0.1) is 14.2 Å². The number of benzene rings is 2. The minimum Gasteiger partial charge on any atom is -0.497 e. The fraction of sp³-hybridized carbons (Fsp3) is 0.385. The predicted molar refractivity (Wildman–Crippen MR) is 141 cm³/mol. The van der Waals surface area contributed by atoms with E-state index in [-0.39, 0.29) is 41.6 Å². The Morgan fingerprint density at radius 2 is 1.53 bits per heavy atom. The molecule has 0 aromatic heterocycles. The molecule has 250 valence electrons. The smallest absolute Gasteiger partial charge is 0.488 e. The van der Waals surface area contributed by atoms with E-state index in [4.69, 9.17) is 14.8 Å². The number of halogens is 10. The molecule has 0 bridgehead atoms. The van der Waals surface area contributed by atoms with Crippen molar-refractivity contribution in [2.24, 2.45) is 0 Å². The fourth-order valence-electron chi connectivity index (χ4n) is 3.94. The first-order chi connectivity index (χ1) is 20.6. The van der Waals surface area contributed by atoms with Gasteiger partial charge in [0.2, 0.25) is 0 Å². The third-order valence-electron chi connectivity index (χ3n) is 6.29. The zero-order valence-corrected chi connectivity index (χ0v) is 24.1. The maximum atomic E-state index is 14.1. The average molecular weight is 682 g/mol. The lowest BCUT2D eigenvalue weighted by Crippen LogP contribution is -2.63. The number of rotatable bonds is 10. The van der Waals surface area contributed by atoms with E-state index in [2.05, 4.69) is 15.5 Å². The van der Waals surface area contributed by atoms with Crippen LogP contribution in [-0.2, 0) is 20.7 Å². The maximum absolute atomic E-state index is 14.1. The number of hydrogen-bond acceptors (Lipinski definition) is 7. The van der Waals surface area contributed by atoms with Crippen LogP contribution in [0, 0.1) is 5.82 Å². The molecule has 0 amide bonds. The highest BCUT2D eigenvalue weighted by Crippen LogP contribution is 2.55. The summed E-state index contributed by atoms with van der Waals surface area (Å²) in [7, 11) is -5.97. The Kier molecular flexibility index (Phi) is 11.7. The summed E-state index contributed by atoms with van der Waals surface area (Å²) in [5.41, 5.74) is 0.815. The second-order valence-electron chi connectivity index (χ2n) is 9.24. The van der Waals surface area contributed by atoms with Crippen molar-refractivity contribution in [2.45, 2.75) is 49.0 Å². The first kappa shape index (κ1) is 37.7. The Morgan fingerprint density at radius 1 is 0.911 bits per heavy atom. The molecule has 0 saturated carbocycles. The van der Waals surface area contributed by atoms with Gasteiger partial charge in [-0.3, -0.25) is 0 Å². The molecule has 0 radical (unpaired) electrons. The molecule has 2 aromatic carbocycles. The topological polar surface area (TPSA) is 102 Å². The van der Waals surface area contributed by atoms with Crippen LogP contribution in [0.4, 0.5) is 43.9 Å². The van der Waals surface area contributed by atoms with Gasteiger partial charge in [0.1, 0.15) is 11.5 Å². The summed E-state index contributed by atoms with van der Waals surface area (Å²) in [5.74, 6) is -15.7. The number of ether oxygens (including phenoxy) is 2. The third kappa shape index (κ3) is 7.69. The van der Waals surface area contributed by atoms with Crippen molar-refractivity contribution in [2.75, 3.05) is 14.2 Å². The lowest BCUT2D eigenvalue weighted by molar-refractivity contribution is -0.382. The van der Waals surface area contributed by atoms with Crippen LogP contribution in [0.3, 0.4) is 0 Å². The Labute approximate surface area is 251 Å². The molecule has 19 heteroatoms. The molecule has 0 aliphatic heterocycles. The monoisotopic (exact) mass is 682 g/mol. The van der Waals surface area contributed by atoms with Gasteiger partial charge in [-0.15, -0.1) is 6.58 Å². The van der Waals surface area contributed by atoms with Crippen molar-refractivity contribution in [3.05, 3.63) is 71.8 Å². The first-order valence-corrected chi connectivity index (χ1v) is 13.8. The highest BCUT2D eigenvalue weighted by Gasteiger charge is 2.86. The van der Waals surface area contributed by atoms with E-state index < -0.39 is 58.5 Å². The number of fused-ring (bicyclic) bond motifs is 1. The number of aryl methyl sites for hydroxylation is 1. The zero-order valence-electron chi connectivity index (χ0n) is 23.3. The quantitative estimate of drug-likeness (QED) is 0.146. The molecule has 0 atom stereocenters. The van der Waals surface area contributed by atoms with E-state index in [1.165, 1.54) is 44.6 Å². The van der Waals surface area contributed by atoms with Crippen molar-refractivity contribution in [3.63, 3.8) is 0 Å².